The van der Waals surface area contributed by atoms with E-state index in [1.165, 1.54) is 22.8 Å². The van der Waals surface area contributed by atoms with Crippen LogP contribution < -0.4 is 0 Å². The van der Waals surface area contributed by atoms with E-state index in [0.717, 1.165) is 24.1 Å². The predicted molar refractivity (Wildman–Crippen MR) is 127 cm³/mol. The van der Waals surface area contributed by atoms with E-state index in [1.54, 1.807) is 0 Å². The smallest absolute Gasteiger partial charge is 0.0646 e. The molecule has 0 amide bonds. The second-order valence-electron chi connectivity index (χ2n) is 10.2. The summed E-state index contributed by atoms with van der Waals surface area (Å²) in [7, 11) is 0. The molecule has 2 aliphatic carbocycles. The Morgan fingerprint density at radius 1 is 1.03 bits per heavy atom. The molecule has 5 atom stereocenters. The fraction of sp³-hybridized carbons (Fsp3) is 0.464. The summed E-state index contributed by atoms with van der Waals surface area (Å²) in [6, 6.07) is 19.6. The molecule has 32 heavy (non-hydrogen) atoms. The van der Waals surface area contributed by atoms with Crippen LogP contribution in [0.25, 0.3) is 22.0 Å². The van der Waals surface area contributed by atoms with Gasteiger partial charge in [0.2, 0.25) is 0 Å². The van der Waals surface area contributed by atoms with Gasteiger partial charge in [-0.1, -0.05) is 50.6 Å². The Morgan fingerprint density at radius 3 is 2.53 bits per heavy atom. The minimum atomic E-state index is -0.315. The molecular formula is C28H34IrNO2-. The number of aliphatic hydroxyl groups excluding tert-OH is 2. The van der Waals surface area contributed by atoms with Crippen LogP contribution in [0.2, 0.25) is 0 Å². The molecule has 2 N–H and O–H groups in total. The van der Waals surface area contributed by atoms with Crippen LogP contribution in [0.3, 0.4) is 0 Å². The zero-order valence-electron chi connectivity index (χ0n) is 19.4. The van der Waals surface area contributed by atoms with Crippen LogP contribution >= 0.6 is 0 Å². The summed E-state index contributed by atoms with van der Waals surface area (Å²) in [4.78, 5) is 4.48. The number of aryl methyl sites for hydroxylation is 1. The molecular weight excluding hydrogens is 575 g/mol. The van der Waals surface area contributed by atoms with E-state index < -0.39 is 0 Å². The van der Waals surface area contributed by atoms with Crippen LogP contribution in [0, 0.1) is 36.2 Å². The van der Waals surface area contributed by atoms with Crippen molar-refractivity contribution >= 4 is 10.8 Å². The maximum Gasteiger partial charge on any atom is 0.0646 e. The second kappa shape index (κ2) is 10.1. The van der Waals surface area contributed by atoms with Gasteiger partial charge < -0.3 is 15.2 Å². The number of benzene rings is 2. The van der Waals surface area contributed by atoms with Crippen molar-refractivity contribution in [2.75, 3.05) is 0 Å². The molecule has 0 aliphatic heterocycles. The van der Waals surface area contributed by atoms with Crippen LogP contribution in [0.15, 0.2) is 54.7 Å². The largest absolute Gasteiger partial charge is 0.392 e. The van der Waals surface area contributed by atoms with Crippen molar-refractivity contribution in [1.82, 2.24) is 4.98 Å². The Labute approximate surface area is 205 Å². The molecule has 4 unspecified atom stereocenters. The average molecular weight is 609 g/mol. The van der Waals surface area contributed by atoms with Gasteiger partial charge in [0.15, 0.2) is 0 Å². The fourth-order valence-electron chi connectivity index (χ4n) is 5.46. The Kier molecular flexibility index (Phi) is 7.93. The van der Waals surface area contributed by atoms with Crippen molar-refractivity contribution in [2.45, 2.75) is 59.2 Å². The van der Waals surface area contributed by atoms with E-state index in [9.17, 15) is 10.2 Å². The zero-order chi connectivity index (χ0) is 22.2. The van der Waals surface area contributed by atoms with Crippen molar-refractivity contribution in [3.63, 3.8) is 0 Å². The van der Waals surface area contributed by atoms with Crippen molar-refractivity contribution in [2.24, 2.45) is 23.2 Å². The molecule has 173 valence electrons. The third-order valence-electron chi connectivity index (χ3n) is 7.33. The third-order valence-corrected chi connectivity index (χ3v) is 7.33. The molecule has 2 aromatic carbocycles. The quantitative estimate of drug-likeness (QED) is 0.343. The van der Waals surface area contributed by atoms with E-state index in [2.05, 4.69) is 63.0 Å². The van der Waals surface area contributed by atoms with Gasteiger partial charge in [-0.2, -0.15) is 0 Å². The summed E-state index contributed by atoms with van der Waals surface area (Å²) in [5.41, 5.74) is 3.28. The Bertz CT molecular complexity index is 1040. The normalized spacial score (nSPS) is 28.2. The molecule has 0 saturated heterocycles. The zero-order valence-corrected chi connectivity index (χ0v) is 21.8. The van der Waals surface area contributed by atoms with Gasteiger partial charge in [-0.05, 0) is 59.9 Å². The molecule has 1 heterocycles. The number of fused-ring (bicyclic) bond motifs is 2. The summed E-state index contributed by atoms with van der Waals surface area (Å²) >= 11 is 0. The summed E-state index contributed by atoms with van der Waals surface area (Å²) in [6.07, 6.45) is 4.69. The van der Waals surface area contributed by atoms with Gasteiger partial charge in [0.1, 0.15) is 0 Å². The van der Waals surface area contributed by atoms with Gasteiger partial charge in [0.05, 0.1) is 12.2 Å². The molecule has 0 spiro atoms. The maximum atomic E-state index is 10.2. The maximum absolute atomic E-state index is 10.2. The van der Waals surface area contributed by atoms with Crippen LogP contribution in [-0.2, 0) is 20.1 Å². The van der Waals surface area contributed by atoms with Crippen molar-refractivity contribution < 1.29 is 30.3 Å². The molecule has 1 radical (unpaired) electrons. The summed E-state index contributed by atoms with van der Waals surface area (Å²) in [6.45, 7) is 8.44. The van der Waals surface area contributed by atoms with Gasteiger partial charge in [0, 0.05) is 32.2 Å². The Morgan fingerprint density at radius 2 is 1.81 bits per heavy atom. The van der Waals surface area contributed by atoms with Crippen molar-refractivity contribution in [3.8, 4) is 11.3 Å². The van der Waals surface area contributed by atoms with Gasteiger partial charge in [-0.15, -0.1) is 35.9 Å². The van der Waals surface area contributed by atoms with Crippen LogP contribution in [0.4, 0.5) is 0 Å². The second-order valence-corrected chi connectivity index (χ2v) is 10.2. The van der Waals surface area contributed by atoms with E-state index in [1.807, 2.05) is 30.5 Å². The number of aromatic nitrogens is 1. The van der Waals surface area contributed by atoms with Gasteiger partial charge >= 0.3 is 0 Å². The number of hydrogen-bond donors (Lipinski definition) is 2. The Hall–Kier alpha value is -1.58. The molecule has 2 aliphatic rings. The number of hydrogen-bond acceptors (Lipinski definition) is 3. The fourth-order valence-corrected chi connectivity index (χ4v) is 5.46. The summed E-state index contributed by atoms with van der Waals surface area (Å²) < 4.78 is 0. The van der Waals surface area contributed by atoms with E-state index in [4.69, 9.17) is 0 Å². The summed E-state index contributed by atoms with van der Waals surface area (Å²) in [5.74, 6) is 1.04. The molecule has 5 rings (SSSR count). The number of aliphatic hydroxyl groups is 2. The van der Waals surface area contributed by atoms with E-state index in [-0.39, 0.29) is 43.6 Å². The van der Waals surface area contributed by atoms with Crippen molar-refractivity contribution in [1.29, 1.82) is 0 Å². The molecule has 0 bridgehead atoms. The molecule has 2 saturated carbocycles. The van der Waals surface area contributed by atoms with Gasteiger partial charge in [-0.3, -0.25) is 0 Å². The first-order valence-corrected chi connectivity index (χ1v) is 11.5. The average Bonchev–Trinajstić information content (AvgIpc) is 3.00. The molecule has 1 aromatic heterocycles. The number of nitrogens with zero attached hydrogens (tertiary/aromatic N) is 1. The molecule has 3 aromatic rings. The molecule has 3 nitrogen and oxygen atoms in total. The monoisotopic (exact) mass is 609 g/mol. The standard InChI is InChI=1S/C16H12N.C12H22O2.Ir/c1-12-7-8-14-11-17-16(10-15(14)9-12)13-5-3-2-4-6-13;1-7-4-5-8-6-12(2,3)11(14)9(8)10(7)13;/h2-5,7-11H,1H3;7-11,13-14H,4-6H2,1-3H3;/q-1;;/t;7-,8?,9?,10?,11?;/m.0./s1. The SMILES string of the molecule is C[C@H]1CCC2CC(C)(C)C(O)C2C1O.Cc1ccc2cnc(-c3[c-]cccc3)cc2c1.[Ir]. The topological polar surface area (TPSA) is 53.4 Å². The van der Waals surface area contributed by atoms with E-state index >= 15 is 0 Å². The molecule has 2 fully saturated rings. The minimum absolute atomic E-state index is 0. The minimum Gasteiger partial charge on any atom is -0.392 e. The first-order valence-electron chi connectivity index (χ1n) is 11.5. The van der Waals surface area contributed by atoms with E-state index in [0.29, 0.717) is 11.8 Å². The van der Waals surface area contributed by atoms with Crippen molar-refractivity contribution in [3.05, 3.63) is 66.4 Å². The Balaban J connectivity index is 0.000000178. The first kappa shape index (κ1) is 25.0. The van der Waals surface area contributed by atoms with Gasteiger partial charge in [0.25, 0.3) is 0 Å². The molecule has 4 heteroatoms. The predicted octanol–water partition coefficient (Wildman–Crippen LogP) is 5.81. The third kappa shape index (κ3) is 5.15. The van der Waals surface area contributed by atoms with Gasteiger partial charge in [-0.25, -0.2) is 0 Å². The number of rotatable bonds is 1. The van der Waals surface area contributed by atoms with Crippen LogP contribution in [-0.4, -0.2) is 27.4 Å². The van der Waals surface area contributed by atoms with Crippen LogP contribution in [0.5, 0.6) is 0 Å². The number of pyridine rings is 1. The van der Waals surface area contributed by atoms with Crippen LogP contribution in [0.1, 0.15) is 45.6 Å². The summed E-state index contributed by atoms with van der Waals surface area (Å²) in [5, 5.41) is 22.7. The first-order chi connectivity index (χ1) is 14.8.